The quantitative estimate of drug-likeness (QED) is 0.356. The maximum absolute atomic E-state index is 15.6. The lowest BCUT2D eigenvalue weighted by atomic mass is 9.62. The molecule has 1 nitrogen and oxygen atoms in total. The highest BCUT2D eigenvalue weighted by Gasteiger charge is 2.41. The van der Waals surface area contributed by atoms with E-state index in [0.29, 0.717) is 17.0 Å². The zero-order chi connectivity index (χ0) is 24.0. The third-order valence-corrected chi connectivity index (χ3v) is 8.71. The summed E-state index contributed by atoms with van der Waals surface area (Å²) in [6.07, 6.45) is 13.6. The second-order valence-corrected chi connectivity index (χ2v) is 11.1. The van der Waals surface area contributed by atoms with Crippen molar-refractivity contribution in [2.45, 2.75) is 89.4 Å². The molecule has 3 heteroatoms. The van der Waals surface area contributed by atoms with Crippen molar-refractivity contribution < 1.29 is 13.5 Å². The molecule has 0 spiro atoms. The van der Waals surface area contributed by atoms with Gasteiger partial charge < -0.3 is 4.74 Å². The lowest BCUT2D eigenvalue weighted by Gasteiger charge is -2.42. The zero-order valence-electron chi connectivity index (χ0n) is 21.1. The van der Waals surface area contributed by atoms with E-state index in [4.69, 9.17) is 4.74 Å². The van der Waals surface area contributed by atoms with Crippen LogP contribution in [0, 0.1) is 29.4 Å². The molecule has 2 aliphatic rings. The minimum atomic E-state index is -0.364. The fraction of sp³-hybridized carbons (Fsp3) is 0.613. The zero-order valence-corrected chi connectivity index (χ0v) is 21.1. The van der Waals surface area contributed by atoms with Crippen molar-refractivity contribution in [2.75, 3.05) is 13.7 Å². The topological polar surface area (TPSA) is 9.23 Å². The molecule has 2 saturated carbocycles. The van der Waals surface area contributed by atoms with E-state index in [-0.39, 0.29) is 17.0 Å². The Hall–Kier alpha value is -1.74. The largest absolute Gasteiger partial charge is 0.384 e. The first kappa shape index (κ1) is 25.4. The van der Waals surface area contributed by atoms with E-state index >= 15 is 8.78 Å². The van der Waals surface area contributed by atoms with Gasteiger partial charge in [0.2, 0.25) is 0 Å². The summed E-state index contributed by atoms with van der Waals surface area (Å²) >= 11 is 0. The SMILES string of the molecule is CCCC1(c2c(F)cc(-c3ccccc3)cc2F)CCCC(CCC2CCC(COC)CC2)C1. The van der Waals surface area contributed by atoms with Crippen LogP contribution in [0.1, 0.15) is 89.5 Å². The maximum Gasteiger partial charge on any atom is 0.130 e. The summed E-state index contributed by atoms with van der Waals surface area (Å²) in [5.74, 6) is 1.41. The summed E-state index contributed by atoms with van der Waals surface area (Å²) in [7, 11) is 1.80. The van der Waals surface area contributed by atoms with Gasteiger partial charge in [-0.3, -0.25) is 0 Å². The van der Waals surface area contributed by atoms with Crippen molar-refractivity contribution >= 4 is 0 Å². The van der Waals surface area contributed by atoms with Crippen LogP contribution >= 0.6 is 0 Å². The number of halogens is 2. The van der Waals surface area contributed by atoms with Crippen LogP contribution in [0.15, 0.2) is 42.5 Å². The van der Waals surface area contributed by atoms with Crippen molar-refractivity contribution in [3.8, 4) is 11.1 Å². The average molecular weight is 469 g/mol. The summed E-state index contributed by atoms with van der Waals surface area (Å²) in [5.41, 5.74) is 1.48. The number of hydrogen-bond donors (Lipinski definition) is 0. The lowest BCUT2D eigenvalue weighted by molar-refractivity contribution is 0.113. The molecule has 0 heterocycles. The highest BCUT2D eigenvalue weighted by molar-refractivity contribution is 5.64. The van der Waals surface area contributed by atoms with Crippen LogP contribution in [0.25, 0.3) is 11.1 Å². The smallest absolute Gasteiger partial charge is 0.130 e. The molecule has 2 atom stereocenters. The molecule has 2 fully saturated rings. The van der Waals surface area contributed by atoms with Crippen molar-refractivity contribution in [1.82, 2.24) is 0 Å². The van der Waals surface area contributed by atoms with E-state index in [9.17, 15) is 0 Å². The van der Waals surface area contributed by atoms with Gasteiger partial charge in [0.05, 0.1) is 0 Å². The number of rotatable bonds is 9. The van der Waals surface area contributed by atoms with Crippen LogP contribution in [0.4, 0.5) is 8.78 Å². The van der Waals surface area contributed by atoms with E-state index in [1.54, 1.807) is 19.2 Å². The molecule has 0 amide bonds. The summed E-state index contributed by atoms with van der Waals surface area (Å²) in [4.78, 5) is 0. The van der Waals surface area contributed by atoms with Gasteiger partial charge in [0.1, 0.15) is 11.6 Å². The third-order valence-electron chi connectivity index (χ3n) is 8.71. The lowest BCUT2D eigenvalue weighted by Crippen LogP contribution is -2.35. The molecular formula is C31H42F2O. The fourth-order valence-corrected chi connectivity index (χ4v) is 7.06. The normalized spacial score (nSPS) is 27.6. The average Bonchev–Trinajstić information content (AvgIpc) is 2.84. The first-order valence-corrected chi connectivity index (χ1v) is 13.6. The van der Waals surface area contributed by atoms with Crippen molar-refractivity contribution in [1.29, 1.82) is 0 Å². The molecule has 0 N–H and O–H groups in total. The molecule has 2 aliphatic carbocycles. The Bertz CT molecular complexity index is 876. The molecule has 0 aromatic heterocycles. The van der Waals surface area contributed by atoms with Gasteiger partial charge in [0, 0.05) is 24.7 Å². The molecule has 34 heavy (non-hydrogen) atoms. The van der Waals surface area contributed by atoms with Crippen molar-refractivity contribution in [2.24, 2.45) is 17.8 Å². The van der Waals surface area contributed by atoms with Crippen LogP contribution in [-0.2, 0) is 10.2 Å². The Morgan fingerprint density at radius 1 is 0.853 bits per heavy atom. The van der Waals surface area contributed by atoms with Gasteiger partial charge in [-0.25, -0.2) is 8.78 Å². The van der Waals surface area contributed by atoms with Crippen molar-refractivity contribution in [3.05, 3.63) is 59.7 Å². The van der Waals surface area contributed by atoms with Gasteiger partial charge in [-0.15, -0.1) is 0 Å². The molecular weight excluding hydrogens is 426 g/mol. The molecule has 0 bridgehead atoms. The minimum absolute atomic E-state index is 0.357. The van der Waals surface area contributed by atoms with E-state index in [1.165, 1.54) is 44.9 Å². The minimum Gasteiger partial charge on any atom is -0.384 e. The van der Waals surface area contributed by atoms with E-state index < -0.39 is 0 Å². The van der Waals surface area contributed by atoms with Crippen LogP contribution in [0.3, 0.4) is 0 Å². The summed E-state index contributed by atoms with van der Waals surface area (Å²) in [5, 5.41) is 0. The highest BCUT2D eigenvalue weighted by atomic mass is 19.1. The van der Waals surface area contributed by atoms with Gasteiger partial charge in [0.15, 0.2) is 0 Å². The Kier molecular flexibility index (Phi) is 8.80. The second kappa shape index (κ2) is 11.8. The predicted octanol–water partition coefficient (Wildman–Crippen LogP) is 9.09. The van der Waals surface area contributed by atoms with Gasteiger partial charge in [-0.2, -0.15) is 0 Å². The van der Waals surface area contributed by atoms with E-state index in [0.717, 1.165) is 56.1 Å². The monoisotopic (exact) mass is 468 g/mol. The molecule has 0 aliphatic heterocycles. The number of methoxy groups -OCH3 is 1. The van der Waals surface area contributed by atoms with Crippen LogP contribution in [0.2, 0.25) is 0 Å². The molecule has 4 rings (SSSR count). The Labute approximate surface area is 205 Å². The van der Waals surface area contributed by atoms with Gasteiger partial charge in [-0.05, 0) is 73.1 Å². The van der Waals surface area contributed by atoms with E-state index in [2.05, 4.69) is 6.92 Å². The van der Waals surface area contributed by atoms with Crippen molar-refractivity contribution in [3.63, 3.8) is 0 Å². The first-order chi connectivity index (χ1) is 16.5. The Morgan fingerprint density at radius 3 is 2.15 bits per heavy atom. The molecule has 2 unspecified atom stereocenters. The summed E-state index contributed by atoms with van der Waals surface area (Å²) in [6, 6.07) is 12.7. The van der Waals surface area contributed by atoms with Crippen LogP contribution in [-0.4, -0.2) is 13.7 Å². The van der Waals surface area contributed by atoms with Crippen LogP contribution in [0.5, 0.6) is 0 Å². The number of hydrogen-bond acceptors (Lipinski definition) is 1. The summed E-state index contributed by atoms with van der Waals surface area (Å²) < 4.78 is 36.6. The fourth-order valence-electron chi connectivity index (χ4n) is 7.06. The third kappa shape index (κ3) is 5.90. The first-order valence-electron chi connectivity index (χ1n) is 13.6. The predicted molar refractivity (Wildman–Crippen MR) is 137 cm³/mol. The van der Waals surface area contributed by atoms with E-state index in [1.807, 2.05) is 30.3 Å². The standard InChI is InChI=1S/C31H42F2O/c1-3-17-31(30-28(32)19-27(20-29(30)33)26-9-5-4-6-10-26)18-7-8-24(21-31)14-11-23-12-15-25(16-13-23)22-34-2/h4-6,9-10,19-20,23-25H,3,7-8,11-18,21-22H2,1-2H3. The molecule has 186 valence electrons. The Balaban J connectivity index is 1.47. The highest BCUT2D eigenvalue weighted by Crippen LogP contribution is 2.49. The maximum atomic E-state index is 15.6. The number of ether oxygens (including phenoxy) is 1. The molecule has 0 saturated heterocycles. The molecule has 2 aromatic carbocycles. The van der Waals surface area contributed by atoms with Gasteiger partial charge >= 0.3 is 0 Å². The number of benzene rings is 2. The van der Waals surface area contributed by atoms with Crippen LogP contribution < -0.4 is 0 Å². The Morgan fingerprint density at radius 2 is 1.50 bits per heavy atom. The molecule has 2 aromatic rings. The van der Waals surface area contributed by atoms with Gasteiger partial charge in [-0.1, -0.05) is 82.2 Å². The second-order valence-electron chi connectivity index (χ2n) is 11.1. The van der Waals surface area contributed by atoms with Gasteiger partial charge in [0.25, 0.3) is 0 Å². The molecule has 0 radical (unpaired) electrons. The summed E-state index contributed by atoms with van der Waals surface area (Å²) in [6.45, 7) is 3.05.